The first kappa shape index (κ1) is 17.9. The number of anilines is 1. The monoisotopic (exact) mass is 397 g/mol. The number of aliphatic hydroxyl groups is 2. The van der Waals surface area contributed by atoms with Crippen LogP contribution >= 0.6 is 18.3 Å². The SMILES string of the molecule is Nc1nc(Cl)nc2c1ncn2[C@@H]1O[C@H](COP(O)(O)=S)[C@@H](O)[C@H]1O. The van der Waals surface area contributed by atoms with E-state index in [-0.39, 0.29) is 22.3 Å². The highest BCUT2D eigenvalue weighted by Gasteiger charge is 2.45. The van der Waals surface area contributed by atoms with Gasteiger partial charge in [0.2, 0.25) is 5.28 Å². The minimum absolute atomic E-state index is 0.0536. The Kier molecular flexibility index (Phi) is 4.77. The van der Waals surface area contributed by atoms with Crippen LogP contribution < -0.4 is 5.73 Å². The summed E-state index contributed by atoms with van der Waals surface area (Å²) in [6.07, 6.45) is -3.53. The van der Waals surface area contributed by atoms with E-state index in [1.165, 1.54) is 10.9 Å². The highest BCUT2D eigenvalue weighted by molar-refractivity contribution is 8.06. The van der Waals surface area contributed by atoms with Gasteiger partial charge in [0.15, 0.2) is 17.7 Å². The fourth-order valence-electron chi connectivity index (χ4n) is 2.36. The van der Waals surface area contributed by atoms with Crippen LogP contribution in [0.1, 0.15) is 6.23 Å². The molecule has 6 N–H and O–H groups in total. The van der Waals surface area contributed by atoms with Crippen molar-refractivity contribution in [2.24, 2.45) is 0 Å². The molecule has 0 spiro atoms. The summed E-state index contributed by atoms with van der Waals surface area (Å²) in [7, 11) is 0. The fraction of sp³-hybridized carbons (Fsp3) is 0.500. The number of nitrogens with two attached hydrogens (primary N) is 1. The Morgan fingerprint density at radius 1 is 1.38 bits per heavy atom. The zero-order valence-corrected chi connectivity index (χ0v) is 14.3. The van der Waals surface area contributed by atoms with Crippen LogP contribution in [0.2, 0.25) is 5.28 Å². The zero-order chi connectivity index (χ0) is 17.6. The molecule has 1 saturated heterocycles. The van der Waals surface area contributed by atoms with Gasteiger partial charge in [-0.1, -0.05) is 0 Å². The number of fused-ring (bicyclic) bond motifs is 1. The molecule has 0 aromatic carbocycles. The number of imidazole rings is 1. The molecule has 132 valence electrons. The highest BCUT2D eigenvalue weighted by atomic mass is 35.5. The molecule has 1 aliphatic rings. The first-order valence-electron chi connectivity index (χ1n) is 6.54. The molecule has 3 heterocycles. The van der Waals surface area contributed by atoms with E-state index < -0.39 is 37.9 Å². The van der Waals surface area contributed by atoms with Crippen molar-refractivity contribution in [2.75, 3.05) is 12.3 Å². The number of ether oxygens (including phenoxy) is 1. The van der Waals surface area contributed by atoms with E-state index in [0.717, 1.165) is 0 Å². The first-order chi connectivity index (χ1) is 11.2. The second-order valence-electron chi connectivity index (χ2n) is 5.03. The van der Waals surface area contributed by atoms with Crippen molar-refractivity contribution in [1.29, 1.82) is 0 Å². The van der Waals surface area contributed by atoms with Crippen LogP contribution in [-0.2, 0) is 21.1 Å². The molecule has 0 saturated carbocycles. The van der Waals surface area contributed by atoms with Crippen LogP contribution in [-0.4, -0.2) is 64.4 Å². The molecule has 11 nitrogen and oxygen atoms in total. The third-order valence-corrected chi connectivity index (χ3v) is 4.41. The van der Waals surface area contributed by atoms with Crippen molar-refractivity contribution in [3.63, 3.8) is 0 Å². The number of aliphatic hydroxyl groups excluding tert-OH is 2. The van der Waals surface area contributed by atoms with Gasteiger partial charge >= 0.3 is 6.72 Å². The summed E-state index contributed by atoms with van der Waals surface area (Å²) in [6, 6.07) is 0. The Bertz CT molecular complexity index is 816. The summed E-state index contributed by atoms with van der Waals surface area (Å²) in [5.41, 5.74) is 6.17. The Morgan fingerprint density at radius 3 is 2.75 bits per heavy atom. The number of rotatable bonds is 4. The summed E-state index contributed by atoms with van der Waals surface area (Å²) in [5, 5.41) is 20.1. The largest absolute Gasteiger partial charge is 0.387 e. The quantitative estimate of drug-likeness (QED) is 0.313. The molecule has 0 amide bonds. The Morgan fingerprint density at radius 2 is 2.08 bits per heavy atom. The average molecular weight is 398 g/mol. The van der Waals surface area contributed by atoms with Crippen molar-refractivity contribution in [3.05, 3.63) is 11.6 Å². The molecule has 0 unspecified atom stereocenters. The predicted octanol–water partition coefficient (Wildman–Crippen LogP) is -1.09. The fourth-order valence-corrected chi connectivity index (χ4v) is 3.06. The maximum Gasteiger partial charge on any atom is 0.321 e. The Labute approximate surface area is 144 Å². The van der Waals surface area contributed by atoms with Crippen molar-refractivity contribution in [2.45, 2.75) is 24.5 Å². The molecular formula is C10H13ClN5O6PS. The summed E-state index contributed by atoms with van der Waals surface area (Å²) in [6.45, 7) is -4.32. The van der Waals surface area contributed by atoms with E-state index in [0.29, 0.717) is 0 Å². The molecule has 1 fully saturated rings. The second-order valence-corrected chi connectivity index (χ2v) is 8.04. The number of hydrogen-bond donors (Lipinski definition) is 5. The van der Waals surface area contributed by atoms with Gasteiger partial charge in [-0.05, 0) is 23.4 Å². The van der Waals surface area contributed by atoms with Gasteiger partial charge in [0, 0.05) is 0 Å². The summed E-state index contributed by atoms with van der Waals surface area (Å²) < 4.78 is 11.5. The third kappa shape index (κ3) is 3.38. The standard InChI is InChI=1S/C10H13ClN5O6PS/c11-10-14-7(12)4-8(15-10)16(2-13-4)9-6(18)5(17)3(22-9)1-21-23(19,20)24/h2-3,5-6,9,17-18H,1H2,(H2,12,14,15)(H2,19,20,24)/t3-,5-,6-,9-/m1/s1. The van der Waals surface area contributed by atoms with E-state index in [1.807, 2.05) is 0 Å². The van der Waals surface area contributed by atoms with Gasteiger partial charge in [-0.25, -0.2) is 4.98 Å². The van der Waals surface area contributed by atoms with Crippen LogP contribution in [0.4, 0.5) is 5.82 Å². The highest BCUT2D eigenvalue weighted by Crippen LogP contribution is 2.39. The molecule has 3 rings (SSSR count). The summed E-state index contributed by atoms with van der Waals surface area (Å²) in [4.78, 5) is 30.0. The summed E-state index contributed by atoms with van der Waals surface area (Å²) in [5.74, 6) is 0.0536. The van der Waals surface area contributed by atoms with E-state index in [9.17, 15) is 10.2 Å². The maximum atomic E-state index is 10.2. The Balaban J connectivity index is 1.89. The van der Waals surface area contributed by atoms with Crippen molar-refractivity contribution in [3.8, 4) is 0 Å². The molecule has 4 atom stereocenters. The lowest BCUT2D eigenvalue weighted by molar-refractivity contribution is -0.0487. The lowest BCUT2D eigenvalue weighted by Crippen LogP contribution is -2.33. The molecule has 0 aliphatic carbocycles. The van der Waals surface area contributed by atoms with Gasteiger partial charge in [-0.15, -0.1) is 0 Å². The molecule has 0 radical (unpaired) electrons. The molecule has 2 aromatic heterocycles. The maximum absolute atomic E-state index is 10.2. The van der Waals surface area contributed by atoms with Gasteiger partial charge < -0.3 is 35.0 Å². The van der Waals surface area contributed by atoms with E-state index in [4.69, 9.17) is 31.9 Å². The average Bonchev–Trinajstić information content (AvgIpc) is 3.00. The minimum Gasteiger partial charge on any atom is -0.387 e. The number of nitrogens with zero attached hydrogens (tertiary/aromatic N) is 4. The van der Waals surface area contributed by atoms with Crippen LogP contribution in [0.3, 0.4) is 0 Å². The van der Waals surface area contributed by atoms with Crippen LogP contribution in [0, 0.1) is 0 Å². The van der Waals surface area contributed by atoms with E-state index in [1.54, 1.807) is 0 Å². The van der Waals surface area contributed by atoms with E-state index >= 15 is 0 Å². The van der Waals surface area contributed by atoms with Gasteiger partial charge in [0.05, 0.1) is 12.9 Å². The molecule has 1 aliphatic heterocycles. The topological polar surface area (TPSA) is 169 Å². The number of aromatic nitrogens is 4. The molecule has 2 aromatic rings. The summed E-state index contributed by atoms with van der Waals surface area (Å²) >= 11 is 10.1. The molecule has 0 bridgehead atoms. The third-order valence-electron chi connectivity index (χ3n) is 3.44. The predicted molar refractivity (Wildman–Crippen MR) is 85.3 cm³/mol. The first-order valence-corrected chi connectivity index (χ1v) is 9.55. The lowest BCUT2D eigenvalue weighted by atomic mass is 10.1. The second kappa shape index (κ2) is 6.41. The number of nitrogen functional groups attached to an aromatic ring is 1. The smallest absolute Gasteiger partial charge is 0.321 e. The van der Waals surface area contributed by atoms with Crippen molar-refractivity contribution in [1.82, 2.24) is 19.5 Å². The van der Waals surface area contributed by atoms with Gasteiger partial charge in [0.25, 0.3) is 0 Å². The zero-order valence-electron chi connectivity index (χ0n) is 11.8. The number of hydrogen-bond acceptors (Lipinski definition) is 9. The number of halogens is 1. The Hall–Kier alpha value is -0.950. The van der Waals surface area contributed by atoms with E-state index in [2.05, 4.69) is 31.3 Å². The molecule has 14 heteroatoms. The molecule has 24 heavy (non-hydrogen) atoms. The van der Waals surface area contributed by atoms with Crippen LogP contribution in [0.5, 0.6) is 0 Å². The van der Waals surface area contributed by atoms with Gasteiger partial charge in [-0.3, -0.25) is 4.57 Å². The van der Waals surface area contributed by atoms with Crippen molar-refractivity contribution >= 4 is 47.1 Å². The van der Waals surface area contributed by atoms with Gasteiger partial charge in [-0.2, -0.15) is 9.97 Å². The molecular weight excluding hydrogens is 385 g/mol. The minimum atomic E-state index is -3.91. The van der Waals surface area contributed by atoms with Gasteiger partial charge in [0.1, 0.15) is 23.8 Å². The van der Waals surface area contributed by atoms with Crippen molar-refractivity contribution < 1.29 is 29.3 Å². The lowest BCUT2D eigenvalue weighted by Gasteiger charge is -2.17. The van der Waals surface area contributed by atoms with Crippen LogP contribution in [0.25, 0.3) is 11.2 Å². The van der Waals surface area contributed by atoms with Crippen LogP contribution in [0.15, 0.2) is 6.33 Å². The normalized spacial score (nSPS) is 27.9.